The molecule has 1 aromatic rings. The first-order chi connectivity index (χ1) is 11.4. The van der Waals surface area contributed by atoms with E-state index < -0.39 is 0 Å². The molecule has 0 radical (unpaired) electrons. The molecule has 0 aromatic heterocycles. The lowest BCUT2D eigenvalue weighted by Gasteiger charge is -2.35. The quantitative estimate of drug-likeness (QED) is 0.901. The maximum Gasteiger partial charge on any atom is 0.238 e. The molecule has 1 fully saturated rings. The molecule has 24 heavy (non-hydrogen) atoms. The Labute approximate surface area is 145 Å². The Balaban J connectivity index is 1.82. The molecule has 5 heteroatoms. The fraction of sp³-hybridized carbons (Fsp3) is 0.579. The minimum atomic E-state index is 0.00500. The SMILES string of the molecule is CC[C@@H](C)C(=O)N1CCN(CC(=O)Nc2cccc(C)c2C)CC1. The summed E-state index contributed by atoms with van der Waals surface area (Å²) in [6.45, 7) is 11.4. The first-order valence-corrected chi connectivity index (χ1v) is 8.79. The first kappa shape index (κ1) is 18.5. The molecule has 1 aliphatic heterocycles. The molecule has 1 N–H and O–H groups in total. The zero-order valence-electron chi connectivity index (χ0n) is 15.3. The normalized spacial score (nSPS) is 16.8. The molecule has 1 aliphatic rings. The number of nitrogens with one attached hydrogen (secondary N) is 1. The number of hydrogen-bond acceptors (Lipinski definition) is 3. The van der Waals surface area contributed by atoms with Gasteiger partial charge in [-0.05, 0) is 37.5 Å². The van der Waals surface area contributed by atoms with E-state index in [0.717, 1.165) is 30.8 Å². The Morgan fingerprint density at radius 1 is 1.17 bits per heavy atom. The summed E-state index contributed by atoms with van der Waals surface area (Å²) in [7, 11) is 0. The Hall–Kier alpha value is -1.88. The second-order valence-corrected chi connectivity index (χ2v) is 6.71. The topological polar surface area (TPSA) is 52.7 Å². The van der Waals surface area contributed by atoms with E-state index in [4.69, 9.17) is 0 Å². The number of rotatable bonds is 5. The van der Waals surface area contributed by atoms with Crippen molar-refractivity contribution >= 4 is 17.5 Å². The van der Waals surface area contributed by atoms with E-state index in [1.54, 1.807) is 0 Å². The number of hydrogen-bond donors (Lipinski definition) is 1. The maximum atomic E-state index is 12.3. The minimum absolute atomic E-state index is 0.00500. The number of aryl methyl sites for hydroxylation is 1. The number of amides is 2. The van der Waals surface area contributed by atoms with Gasteiger partial charge in [0.1, 0.15) is 0 Å². The van der Waals surface area contributed by atoms with Gasteiger partial charge >= 0.3 is 0 Å². The molecule has 2 amide bonds. The zero-order chi connectivity index (χ0) is 17.7. The molecule has 132 valence electrons. The molecule has 5 nitrogen and oxygen atoms in total. The van der Waals surface area contributed by atoms with Gasteiger partial charge in [-0.3, -0.25) is 14.5 Å². The Morgan fingerprint density at radius 3 is 2.46 bits per heavy atom. The molecule has 0 aliphatic carbocycles. The summed E-state index contributed by atoms with van der Waals surface area (Å²) in [4.78, 5) is 28.5. The predicted molar refractivity (Wildman–Crippen MR) is 97.0 cm³/mol. The van der Waals surface area contributed by atoms with Crippen molar-refractivity contribution in [2.45, 2.75) is 34.1 Å². The molecular formula is C19H29N3O2. The van der Waals surface area contributed by atoms with Crippen LogP contribution in [0.1, 0.15) is 31.4 Å². The third-order valence-electron chi connectivity index (χ3n) is 4.96. The van der Waals surface area contributed by atoms with Crippen LogP contribution in [-0.2, 0) is 9.59 Å². The monoisotopic (exact) mass is 331 g/mol. The summed E-state index contributed by atoms with van der Waals surface area (Å²) in [5, 5.41) is 3.00. The third-order valence-corrected chi connectivity index (χ3v) is 4.96. The van der Waals surface area contributed by atoms with Crippen molar-refractivity contribution in [3.8, 4) is 0 Å². The zero-order valence-corrected chi connectivity index (χ0v) is 15.3. The molecule has 0 unspecified atom stereocenters. The van der Waals surface area contributed by atoms with Gasteiger partial charge in [-0.1, -0.05) is 26.0 Å². The number of nitrogens with zero attached hydrogens (tertiary/aromatic N) is 2. The molecule has 0 bridgehead atoms. The van der Waals surface area contributed by atoms with Crippen LogP contribution < -0.4 is 5.32 Å². The molecule has 0 spiro atoms. The van der Waals surface area contributed by atoms with Crippen molar-refractivity contribution in [1.82, 2.24) is 9.80 Å². The second kappa shape index (κ2) is 8.29. The van der Waals surface area contributed by atoms with Crippen molar-refractivity contribution in [3.63, 3.8) is 0 Å². The molecule has 1 aromatic carbocycles. The highest BCUT2D eigenvalue weighted by molar-refractivity contribution is 5.93. The number of carbonyl (C=O) groups is 2. The van der Waals surface area contributed by atoms with Crippen LogP contribution in [-0.4, -0.2) is 54.3 Å². The van der Waals surface area contributed by atoms with Crippen LogP contribution in [0, 0.1) is 19.8 Å². The summed E-state index contributed by atoms with van der Waals surface area (Å²) < 4.78 is 0. The molecular weight excluding hydrogens is 302 g/mol. The van der Waals surface area contributed by atoms with Crippen molar-refractivity contribution in [3.05, 3.63) is 29.3 Å². The van der Waals surface area contributed by atoms with Gasteiger partial charge in [-0.2, -0.15) is 0 Å². The van der Waals surface area contributed by atoms with E-state index in [1.165, 1.54) is 5.56 Å². The minimum Gasteiger partial charge on any atom is -0.340 e. The average molecular weight is 331 g/mol. The van der Waals surface area contributed by atoms with E-state index >= 15 is 0 Å². The van der Waals surface area contributed by atoms with E-state index in [0.29, 0.717) is 19.6 Å². The lowest BCUT2D eigenvalue weighted by molar-refractivity contribution is -0.136. The van der Waals surface area contributed by atoms with Crippen LogP contribution in [0.3, 0.4) is 0 Å². The van der Waals surface area contributed by atoms with E-state index in [2.05, 4.69) is 10.2 Å². The fourth-order valence-corrected chi connectivity index (χ4v) is 2.89. The number of benzene rings is 1. The van der Waals surface area contributed by atoms with Crippen molar-refractivity contribution < 1.29 is 9.59 Å². The second-order valence-electron chi connectivity index (χ2n) is 6.71. The van der Waals surface area contributed by atoms with Gasteiger partial charge in [0.15, 0.2) is 0 Å². The van der Waals surface area contributed by atoms with Crippen LogP contribution in [0.25, 0.3) is 0 Å². The van der Waals surface area contributed by atoms with Gasteiger partial charge in [-0.25, -0.2) is 0 Å². The van der Waals surface area contributed by atoms with Crippen molar-refractivity contribution in [1.29, 1.82) is 0 Å². The average Bonchev–Trinajstić information content (AvgIpc) is 2.58. The number of anilines is 1. The van der Waals surface area contributed by atoms with Gasteiger partial charge in [0.05, 0.1) is 6.54 Å². The Bertz CT molecular complexity index is 592. The highest BCUT2D eigenvalue weighted by atomic mass is 16.2. The van der Waals surface area contributed by atoms with Crippen LogP contribution in [0.15, 0.2) is 18.2 Å². The highest BCUT2D eigenvalue weighted by Gasteiger charge is 2.24. The molecule has 0 saturated carbocycles. The molecule has 2 rings (SSSR count). The molecule has 1 heterocycles. The van der Waals surface area contributed by atoms with E-state index in [-0.39, 0.29) is 17.7 Å². The molecule has 1 atom stereocenters. The third kappa shape index (κ3) is 4.57. The van der Waals surface area contributed by atoms with Gasteiger partial charge in [0.2, 0.25) is 11.8 Å². The van der Waals surface area contributed by atoms with E-state index in [1.807, 2.05) is 50.8 Å². The summed E-state index contributed by atoms with van der Waals surface area (Å²) in [5.74, 6) is 0.325. The Morgan fingerprint density at radius 2 is 1.83 bits per heavy atom. The van der Waals surface area contributed by atoms with Crippen LogP contribution >= 0.6 is 0 Å². The van der Waals surface area contributed by atoms with Gasteiger partial charge in [-0.15, -0.1) is 0 Å². The standard InChI is InChI=1S/C19H29N3O2/c1-5-14(2)19(24)22-11-9-21(10-12-22)13-18(23)20-17-8-6-7-15(3)16(17)4/h6-8,14H,5,9-13H2,1-4H3,(H,20,23)/t14-/m1/s1. The molecule has 1 saturated heterocycles. The predicted octanol–water partition coefficient (Wildman–Crippen LogP) is 2.43. The largest absolute Gasteiger partial charge is 0.340 e. The Kier molecular flexibility index (Phi) is 6.37. The van der Waals surface area contributed by atoms with Gasteiger partial charge in [0, 0.05) is 37.8 Å². The summed E-state index contributed by atoms with van der Waals surface area (Å²) >= 11 is 0. The van der Waals surface area contributed by atoms with E-state index in [9.17, 15) is 9.59 Å². The number of carbonyl (C=O) groups excluding carboxylic acids is 2. The van der Waals surface area contributed by atoms with Gasteiger partial charge < -0.3 is 10.2 Å². The smallest absolute Gasteiger partial charge is 0.238 e. The highest BCUT2D eigenvalue weighted by Crippen LogP contribution is 2.18. The van der Waals surface area contributed by atoms with Crippen molar-refractivity contribution in [2.75, 3.05) is 38.0 Å². The van der Waals surface area contributed by atoms with Crippen LogP contribution in [0.5, 0.6) is 0 Å². The lowest BCUT2D eigenvalue weighted by Crippen LogP contribution is -2.51. The number of piperazine rings is 1. The maximum absolute atomic E-state index is 12.3. The lowest BCUT2D eigenvalue weighted by atomic mass is 10.1. The van der Waals surface area contributed by atoms with Crippen LogP contribution in [0.2, 0.25) is 0 Å². The van der Waals surface area contributed by atoms with Crippen molar-refractivity contribution in [2.24, 2.45) is 5.92 Å². The summed E-state index contributed by atoms with van der Waals surface area (Å²) in [6, 6.07) is 5.93. The summed E-state index contributed by atoms with van der Waals surface area (Å²) in [5.41, 5.74) is 3.16. The summed E-state index contributed by atoms with van der Waals surface area (Å²) in [6.07, 6.45) is 0.872. The van der Waals surface area contributed by atoms with Crippen LogP contribution in [0.4, 0.5) is 5.69 Å². The van der Waals surface area contributed by atoms with Gasteiger partial charge in [0.25, 0.3) is 0 Å². The fourth-order valence-electron chi connectivity index (χ4n) is 2.89. The first-order valence-electron chi connectivity index (χ1n) is 8.79.